The van der Waals surface area contributed by atoms with Crippen molar-refractivity contribution >= 4 is 23.1 Å². The second kappa shape index (κ2) is 10.4. The van der Waals surface area contributed by atoms with Gasteiger partial charge in [0.2, 0.25) is 5.16 Å². The highest BCUT2D eigenvalue weighted by Crippen LogP contribution is 2.32. The zero-order chi connectivity index (χ0) is 21.5. The van der Waals surface area contributed by atoms with Crippen LogP contribution in [0.1, 0.15) is 27.7 Å². The van der Waals surface area contributed by atoms with Gasteiger partial charge in [0.1, 0.15) is 11.4 Å². The number of aromatic nitrogens is 3. The maximum atomic E-state index is 4.81. The monoisotopic (exact) mass is 421 g/mol. The first-order chi connectivity index (χ1) is 14.6. The second-order valence-corrected chi connectivity index (χ2v) is 7.71. The molecule has 0 unspecified atom stereocenters. The number of nitrogens with zero attached hydrogens (tertiary/aromatic N) is 5. The van der Waals surface area contributed by atoms with Gasteiger partial charge in [-0.25, -0.2) is 4.98 Å². The first-order valence-electron chi connectivity index (χ1n) is 10.6. The van der Waals surface area contributed by atoms with Crippen LogP contribution < -0.4 is 9.80 Å². The van der Waals surface area contributed by atoms with Crippen molar-refractivity contribution in [2.75, 3.05) is 42.2 Å². The largest absolute Gasteiger partial charge is 0.372 e. The van der Waals surface area contributed by atoms with E-state index < -0.39 is 0 Å². The van der Waals surface area contributed by atoms with Gasteiger partial charge in [0, 0.05) is 48.7 Å². The summed E-state index contributed by atoms with van der Waals surface area (Å²) in [5.41, 5.74) is 6.21. The summed E-state index contributed by atoms with van der Waals surface area (Å²) in [5, 5.41) is 9.53. The first kappa shape index (κ1) is 22.1. The lowest BCUT2D eigenvalue weighted by Gasteiger charge is -2.21. The second-order valence-electron chi connectivity index (χ2n) is 6.93. The average Bonchev–Trinajstić information content (AvgIpc) is 2.81. The Bertz CT molecular complexity index is 933. The molecule has 5 nitrogen and oxygen atoms in total. The molecule has 30 heavy (non-hydrogen) atoms. The summed E-state index contributed by atoms with van der Waals surface area (Å²) in [6.07, 6.45) is 1.98. The Morgan fingerprint density at radius 2 is 1.07 bits per heavy atom. The minimum Gasteiger partial charge on any atom is -0.372 e. The summed E-state index contributed by atoms with van der Waals surface area (Å²) in [7, 11) is 0. The van der Waals surface area contributed by atoms with Crippen LogP contribution >= 0.6 is 11.8 Å². The van der Waals surface area contributed by atoms with Crippen molar-refractivity contribution in [2.24, 2.45) is 0 Å². The number of hydrogen-bond acceptors (Lipinski definition) is 6. The Morgan fingerprint density at radius 1 is 0.633 bits per heavy atom. The predicted molar refractivity (Wildman–Crippen MR) is 130 cm³/mol. The predicted octanol–water partition coefficient (Wildman–Crippen LogP) is 5.62. The van der Waals surface area contributed by atoms with E-state index >= 15 is 0 Å². The van der Waals surface area contributed by atoms with Crippen LogP contribution in [0.15, 0.2) is 53.7 Å². The van der Waals surface area contributed by atoms with Crippen molar-refractivity contribution in [3.8, 4) is 22.5 Å². The SMILES string of the molecule is CCN(CC)c1ccc(-c2nnc(SC)nc2-c2ccc(N(CC)CC)cc2)cc1. The van der Waals surface area contributed by atoms with Gasteiger partial charge < -0.3 is 9.80 Å². The Hall–Kier alpha value is -2.60. The van der Waals surface area contributed by atoms with Gasteiger partial charge in [-0.05, 0) is 58.2 Å². The van der Waals surface area contributed by atoms with Crippen molar-refractivity contribution in [1.29, 1.82) is 0 Å². The van der Waals surface area contributed by atoms with Gasteiger partial charge in [0.25, 0.3) is 0 Å². The molecule has 3 aromatic rings. The van der Waals surface area contributed by atoms with E-state index in [1.54, 1.807) is 0 Å². The number of thioether (sulfide) groups is 1. The highest BCUT2D eigenvalue weighted by atomic mass is 32.2. The highest BCUT2D eigenvalue weighted by molar-refractivity contribution is 7.98. The van der Waals surface area contributed by atoms with Gasteiger partial charge in [-0.2, -0.15) is 0 Å². The maximum Gasteiger partial charge on any atom is 0.209 e. The number of hydrogen-bond donors (Lipinski definition) is 0. The number of benzene rings is 2. The van der Waals surface area contributed by atoms with Crippen molar-refractivity contribution in [2.45, 2.75) is 32.9 Å². The van der Waals surface area contributed by atoms with E-state index in [1.165, 1.54) is 23.1 Å². The number of rotatable bonds is 9. The van der Waals surface area contributed by atoms with Gasteiger partial charge in [-0.1, -0.05) is 36.0 Å². The molecule has 1 aromatic heterocycles. The lowest BCUT2D eigenvalue weighted by molar-refractivity contribution is 0.850. The van der Waals surface area contributed by atoms with Crippen LogP contribution in [-0.4, -0.2) is 47.6 Å². The minimum atomic E-state index is 0.682. The third-order valence-electron chi connectivity index (χ3n) is 5.39. The molecule has 0 aliphatic carbocycles. The fourth-order valence-corrected chi connectivity index (χ4v) is 3.94. The Labute approximate surface area is 184 Å². The van der Waals surface area contributed by atoms with Crippen LogP contribution in [0.4, 0.5) is 11.4 Å². The zero-order valence-electron chi connectivity index (χ0n) is 18.6. The van der Waals surface area contributed by atoms with E-state index in [2.05, 4.69) is 96.2 Å². The summed E-state index contributed by atoms with van der Waals surface area (Å²) in [4.78, 5) is 9.47. The molecule has 0 aliphatic rings. The summed E-state index contributed by atoms with van der Waals surface area (Å²) >= 11 is 1.51. The van der Waals surface area contributed by atoms with Crippen LogP contribution in [0.5, 0.6) is 0 Å². The molecule has 0 bridgehead atoms. The highest BCUT2D eigenvalue weighted by Gasteiger charge is 2.15. The van der Waals surface area contributed by atoms with Crippen LogP contribution in [0, 0.1) is 0 Å². The number of anilines is 2. The molecule has 3 rings (SSSR count). The van der Waals surface area contributed by atoms with Crippen LogP contribution in [-0.2, 0) is 0 Å². The smallest absolute Gasteiger partial charge is 0.209 e. The molecule has 158 valence electrons. The Kier molecular flexibility index (Phi) is 7.69. The average molecular weight is 422 g/mol. The molecule has 0 fully saturated rings. The van der Waals surface area contributed by atoms with Crippen molar-refractivity contribution < 1.29 is 0 Å². The van der Waals surface area contributed by atoms with Gasteiger partial charge in [0.15, 0.2) is 0 Å². The molecular formula is C24H31N5S. The molecule has 6 heteroatoms. The lowest BCUT2D eigenvalue weighted by atomic mass is 10.0. The molecule has 0 atom stereocenters. The third kappa shape index (κ3) is 4.75. The molecule has 1 heterocycles. The van der Waals surface area contributed by atoms with Gasteiger partial charge >= 0.3 is 0 Å². The van der Waals surface area contributed by atoms with E-state index in [4.69, 9.17) is 4.98 Å². The van der Waals surface area contributed by atoms with Gasteiger partial charge in [-0.3, -0.25) is 0 Å². The van der Waals surface area contributed by atoms with Gasteiger partial charge in [-0.15, -0.1) is 10.2 Å². The summed E-state index contributed by atoms with van der Waals surface area (Å²) in [6.45, 7) is 12.7. The Morgan fingerprint density at radius 3 is 1.47 bits per heavy atom. The van der Waals surface area contributed by atoms with Crippen molar-refractivity contribution in [1.82, 2.24) is 15.2 Å². The molecule has 2 aromatic carbocycles. The molecular weight excluding hydrogens is 390 g/mol. The molecule has 0 saturated heterocycles. The quantitative estimate of drug-likeness (QED) is 0.418. The van der Waals surface area contributed by atoms with Gasteiger partial charge in [0.05, 0.1) is 0 Å². The summed E-state index contributed by atoms with van der Waals surface area (Å²) in [5.74, 6) is 0. The molecule has 0 aliphatic heterocycles. The molecule has 0 spiro atoms. The Balaban J connectivity index is 2.01. The van der Waals surface area contributed by atoms with Crippen molar-refractivity contribution in [3.05, 3.63) is 48.5 Å². The van der Waals surface area contributed by atoms with Crippen LogP contribution in [0.3, 0.4) is 0 Å². The standard InChI is InChI=1S/C24H31N5S/c1-6-28(7-2)20-14-10-18(11-15-20)22-23(26-27-24(25-22)30-5)19-12-16-21(17-13-19)29(8-3)9-4/h10-17H,6-9H2,1-5H3. The van der Waals surface area contributed by atoms with Crippen LogP contribution in [0.25, 0.3) is 22.5 Å². The maximum absolute atomic E-state index is 4.81. The van der Waals surface area contributed by atoms with Crippen molar-refractivity contribution in [3.63, 3.8) is 0 Å². The van der Waals surface area contributed by atoms with E-state index in [1.807, 2.05) is 6.26 Å². The molecule has 0 amide bonds. The van der Waals surface area contributed by atoms with E-state index in [0.717, 1.165) is 48.7 Å². The van der Waals surface area contributed by atoms with Crippen LogP contribution in [0.2, 0.25) is 0 Å². The fourth-order valence-electron chi connectivity index (χ4n) is 3.63. The first-order valence-corrected chi connectivity index (χ1v) is 11.9. The van der Waals surface area contributed by atoms with E-state index in [9.17, 15) is 0 Å². The normalized spacial score (nSPS) is 10.8. The third-order valence-corrected chi connectivity index (χ3v) is 5.93. The zero-order valence-corrected chi connectivity index (χ0v) is 19.4. The topological polar surface area (TPSA) is 45.2 Å². The fraction of sp³-hybridized carbons (Fsp3) is 0.375. The minimum absolute atomic E-state index is 0.682. The van der Waals surface area contributed by atoms with E-state index in [0.29, 0.717) is 5.16 Å². The lowest BCUT2D eigenvalue weighted by Crippen LogP contribution is -2.21. The van der Waals surface area contributed by atoms with E-state index in [-0.39, 0.29) is 0 Å². The molecule has 0 radical (unpaired) electrons. The molecule has 0 saturated carbocycles. The summed E-state index contributed by atoms with van der Waals surface area (Å²) < 4.78 is 0. The summed E-state index contributed by atoms with van der Waals surface area (Å²) in [6, 6.07) is 17.1. The molecule has 0 N–H and O–H groups in total.